The molecule has 0 spiro atoms. The molecule has 5 nitrogen and oxygen atoms in total. The van der Waals surface area contributed by atoms with Gasteiger partial charge in [0.2, 0.25) is 0 Å². The van der Waals surface area contributed by atoms with Crippen molar-refractivity contribution in [3.63, 3.8) is 0 Å². The summed E-state index contributed by atoms with van der Waals surface area (Å²) in [6.07, 6.45) is 0.784. The van der Waals surface area contributed by atoms with E-state index in [1.807, 2.05) is 6.07 Å². The molecule has 0 radical (unpaired) electrons. The lowest BCUT2D eigenvalue weighted by atomic mass is 10.0. The van der Waals surface area contributed by atoms with Crippen LogP contribution in [0.15, 0.2) is 5.10 Å². The molecule has 58 valence electrons. The second kappa shape index (κ2) is 3.01. The molecule has 1 heterocycles. The van der Waals surface area contributed by atoms with Crippen molar-refractivity contribution in [2.75, 3.05) is 0 Å². The molecule has 0 aromatic rings. The standard InChI is InChI=1S/C6H8N4O/c7-3-1-2-4-5(8)9-10-6(4)11/h4H,1-2H2,(H2,8,9)(H,10,11). The van der Waals surface area contributed by atoms with Gasteiger partial charge in [0.05, 0.1) is 12.0 Å². The van der Waals surface area contributed by atoms with E-state index in [0.717, 1.165) is 0 Å². The van der Waals surface area contributed by atoms with Crippen molar-refractivity contribution < 1.29 is 4.79 Å². The van der Waals surface area contributed by atoms with Crippen LogP contribution < -0.4 is 11.2 Å². The van der Waals surface area contributed by atoms with Gasteiger partial charge in [-0.2, -0.15) is 10.4 Å². The smallest absolute Gasteiger partial charge is 0.250 e. The van der Waals surface area contributed by atoms with Gasteiger partial charge in [-0.25, -0.2) is 5.43 Å². The van der Waals surface area contributed by atoms with E-state index in [1.54, 1.807) is 0 Å². The number of hydrogen-bond donors (Lipinski definition) is 2. The number of nitrogens with one attached hydrogen (secondary N) is 1. The Balaban J connectivity index is 2.51. The summed E-state index contributed by atoms with van der Waals surface area (Å²) in [5.41, 5.74) is 7.61. The normalized spacial score (nSPS) is 22.3. The van der Waals surface area contributed by atoms with Crippen molar-refractivity contribution in [2.45, 2.75) is 12.8 Å². The monoisotopic (exact) mass is 152 g/mol. The van der Waals surface area contributed by atoms with Crippen LogP contribution in [-0.2, 0) is 4.79 Å². The zero-order chi connectivity index (χ0) is 8.27. The van der Waals surface area contributed by atoms with E-state index in [4.69, 9.17) is 11.0 Å². The van der Waals surface area contributed by atoms with Crippen molar-refractivity contribution in [1.82, 2.24) is 5.43 Å². The Morgan fingerprint density at radius 1 is 1.82 bits per heavy atom. The summed E-state index contributed by atoms with van der Waals surface area (Å²) in [4.78, 5) is 10.9. The minimum atomic E-state index is -0.394. The van der Waals surface area contributed by atoms with Crippen LogP contribution in [0.25, 0.3) is 0 Å². The van der Waals surface area contributed by atoms with Gasteiger partial charge in [-0.15, -0.1) is 0 Å². The van der Waals surface area contributed by atoms with Crippen LogP contribution in [0.5, 0.6) is 0 Å². The fourth-order valence-corrected chi connectivity index (χ4v) is 0.898. The van der Waals surface area contributed by atoms with E-state index >= 15 is 0 Å². The van der Waals surface area contributed by atoms with Crippen molar-refractivity contribution in [1.29, 1.82) is 5.26 Å². The summed E-state index contributed by atoms with van der Waals surface area (Å²) in [5.74, 6) is -0.322. The SMILES string of the molecule is N#CCCC1C(=O)NN=C1N. The summed E-state index contributed by atoms with van der Waals surface area (Å²) in [6, 6.07) is 1.95. The maximum Gasteiger partial charge on any atom is 0.250 e. The molecular formula is C6H8N4O. The Morgan fingerprint density at radius 3 is 3.00 bits per heavy atom. The number of carbonyl (C=O) groups excluding carboxylic acids is 1. The van der Waals surface area contributed by atoms with Crippen LogP contribution in [0.2, 0.25) is 0 Å². The molecule has 0 bridgehead atoms. The van der Waals surface area contributed by atoms with Gasteiger partial charge in [0.15, 0.2) is 0 Å². The first-order valence-electron chi connectivity index (χ1n) is 3.25. The van der Waals surface area contributed by atoms with E-state index in [2.05, 4.69) is 10.5 Å². The summed E-state index contributed by atoms with van der Waals surface area (Å²) >= 11 is 0. The third kappa shape index (κ3) is 1.46. The molecule has 5 heteroatoms. The highest BCUT2D eigenvalue weighted by Crippen LogP contribution is 2.10. The first-order chi connectivity index (χ1) is 5.25. The largest absolute Gasteiger partial charge is 0.385 e. The maximum atomic E-state index is 10.9. The molecule has 0 saturated heterocycles. The molecule has 1 rings (SSSR count). The van der Waals surface area contributed by atoms with Crippen LogP contribution in [0.3, 0.4) is 0 Å². The summed E-state index contributed by atoms with van der Waals surface area (Å²) < 4.78 is 0. The molecule has 11 heavy (non-hydrogen) atoms. The van der Waals surface area contributed by atoms with Gasteiger partial charge < -0.3 is 5.73 Å². The summed E-state index contributed by atoms with van der Waals surface area (Å²) in [6.45, 7) is 0. The number of amides is 1. The van der Waals surface area contributed by atoms with E-state index in [9.17, 15) is 4.79 Å². The highest BCUT2D eigenvalue weighted by Gasteiger charge is 2.26. The molecule has 0 aromatic carbocycles. The second-order valence-corrected chi connectivity index (χ2v) is 2.26. The molecule has 3 N–H and O–H groups in total. The third-order valence-electron chi connectivity index (χ3n) is 1.51. The molecule has 1 amide bonds. The highest BCUT2D eigenvalue weighted by molar-refractivity contribution is 6.06. The lowest BCUT2D eigenvalue weighted by molar-refractivity contribution is -0.122. The molecule has 0 saturated carbocycles. The zero-order valence-corrected chi connectivity index (χ0v) is 5.87. The Kier molecular flexibility index (Phi) is 2.06. The third-order valence-corrected chi connectivity index (χ3v) is 1.51. The number of nitrogens with two attached hydrogens (primary N) is 1. The van der Waals surface area contributed by atoms with Gasteiger partial charge in [-0.05, 0) is 6.42 Å². The van der Waals surface area contributed by atoms with Crippen LogP contribution in [0.1, 0.15) is 12.8 Å². The van der Waals surface area contributed by atoms with E-state index in [0.29, 0.717) is 12.8 Å². The Hall–Kier alpha value is -1.57. The van der Waals surface area contributed by atoms with Crippen molar-refractivity contribution >= 4 is 11.7 Å². The molecule has 1 aliphatic rings. The maximum absolute atomic E-state index is 10.9. The van der Waals surface area contributed by atoms with Gasteiger partial charge >= 0.3 is 0 Å². The van der Waals surface area contributed by atoms with Crippen molar-refractivity contribution in [3.8, 4) is 6.07 Å². The molecule has 1 aliphatic heterocycles. The summed E-state index contributed by atoms with van der Waals surface area (Å²) in [7, 11) is 0. The van der Waals surface area contributed by atoms with E-state index < -0.39 is 5.92 Å². The molecular weight excluding hydrogens is 144 g/mol. The van der Waals surface area contributed by atoms with Gasteiger partial charge in [-0.1, -0.05) is 0 Å². The van der Waals surface area contributed by atoms with E-state index in [1.165, 1.54) is 0 Å². The predicted molar refractivity (Wildman–Crippen MR) is 38.1 cm³/mol. The lowest BCUT2D eigenvalue weighted by Gasteiger charge is -2.01. The Morgan fingerprint density at radius 2 is 2.55 bits per heavy atom. The van der Waals surface area contributed by atoms with Gasteiger partial charge in [-0.3, -0.25) is 4.79 Å². The second-order valence-electron chi connectivity index (χ2n) is 2.26. The molecule has 0 aromatic heterocycles. The number of amidine groups is 1. The zero-order valence-electron chi connectivity index (χ0n) is 5.87. The quantitative estimate of drug-likeness (QED) is 0.548. The van der Waals surface area contributed by atoms with Crippen LogP contribution >= 0.6 is 0 Å². The van der Waals surface area contributed by atoms with Gasteiger partial charge in [0.1, 0.15) is 5.84 Å². The lowest BCUT2D eigenvalue weighted by Crippen LogP contribution is -2.27. The van der Waals surface area contributed by atoms with Crippen LogP contribution in [0.4, 0.5) is 0 Å². The summed E-state index contributed by atoms with van der Waals surface area (Å²) in [5, 5.41) is 11.8. The first kappa shape index (κ1) is 7.54. The Bertz CT molecular complexity index is 239. The number of nitriles is 1. The Labute approximate surface area is 63.9 Å². The molecule has 0 fully saturated rings. The number of carbonyl (C=O) groups is 1. The average Bonchev–Trinajstić information content (AvgIpc) is 2.29. The fraction of sp³-hybridized carbons (Fsp3) is 0.500. The minimum absolute atomic E-state index is 0.210. The first-order valence-corrected chi connectivity index (χ1v) is 3.25. The van der Waals surface area contributed by atoms with Crippen LogP contribution in [0, 0.1) is 17.2 Å². The fourth-order valence-electron chi connectivity index (χ4n) is 0.898. The molecule has 0 aliphatic carbocycles. The minimum Gasteiger partial charge on any atom is -0.385 e. The number of rotatable bonds is 2. The predicted octanol–water partition coefficient (Wildman–Crippen LogP) is -0.692. The molecule has 1 unspecified atom stereocenters. The van der Waals surface area contributed by atoms with Crippen LogP contribution in [-0.4, -0.2) is 11.7 Å². The average molecular weight is 152 g/mol. The van der Waals surface area contributed by atoms with Gasteiger partial charge in [0, 0.05) is 6.42 Å². The van der Waals surface area contributed by atoms with Crippen molar-refractivity contribution in [2.24, 2.45) is 16.8 Å². The number of hydrogen-bond acceptors (Lipinski definition) is 4. The van der Waals surface area contributed by atoms with Gasteiger partial charge in [0.25, 0.3) is 5.91 Å². The highest BCUT2D eigenvalue weighted by atomic mass is 16.2. The van der Waals surface area contributed by atoms with Crippen molar-refractivity contribution in [3.05, 3.63) is 0 Å². The van der Waals surface area contributed by atoms with E-state index in [-0.39, 0.29) is 11.7 Å². The topological polar surface area (TPSA) is 91.3 Å². The molecule has 1 atom stereocenters. The number of hydrazone groups is 1. The number of nitrogens with zero attached hydrogens (tertiary/aromatic N) is 2.